The van der Waals surface area contributed by atoms with Gasteiger partial charge in [-0.05, 0) is 6.07 Å². The predicted octanol–water partition coefficient (Wildman–Crippen LogP) is 2.31. The van der Waals surface area contributed by atoms with Crippen LogP contribution in [0.3, 0.4) is 0 Å². The van der Waals surface area contributed by atoms with Crippen LogP contribution in [0.5, 0.6) is 5.75 Å². The monoisotopic (exact) mass is 289 g/mol. The fourth-order valence-corrected chi connectivity index (χ4v) is 1.65. The molecule has 1 N–H and O–H groups in total. The number of hydrogen-bond donors (Lipinski definition) is 1. The highest BCUT2D eigenvalue weighted by Gasteiger charge is 2.21. The number of ether oxygens (including phenoxy) is 1. The van der Waals surface area contributed by atoms with E-state index in [0.717, 1.165) is 0 Å². The fraction of sp³-hybridized carbons (Fsp3) is 0.400. The van der Waals surface area contributed by atoms with E-state index >= 15 is 0 Å². The molecule has 6 nitrogen and oxygen atoms in total. The van der Waals surface area contributed by atoms with E-state index in [1.165, 1.54) is 0 Å². The molecule has 2 rings (SSSR count). The van der Waals surface area contributed by atoms with Gasteiger partial charge in [0.05, 0.1) is 25.5 Å². The summed E-state index contributed by atoms with van der Waals surface area (Å²) in [7, 11) is 1.58. The molecule has 2 aromatic heterocycles. The summed E-state index contributed by atoms with van der Waals surface area (Å²) in [6, 6.07) is 3.51. The molecule has 0 bridgehead atoms. The number of rotatable bonds is 4. The van der Waals surface area contributed by atoms with E-state index in [2.05, 4.69) is 15.3 Å². The molecule has 6 heteroatoms. The largest absolute Gasteiger partial charge is 0.497 e. The van der Waals surface area contributed by atoms with Gasteiger partial charge in [-0.15, -0.1) is 0 Å². The van der Waals surface area contributed by atoms with Gasteiger partial charge in [0.1, 0.15) is 11.5 Å². The van der Waals surface area contributed by atoms with Gasteiger partial charge in [0, 0.05) is 17.7 Å². The number of carbonyl (C=O) groups is 1. The average Bonchev–Trinajstić information content (AvgIpc) is 2.95. The maximum Gasteiger partial charge on any atom is 0.307 e. The molecule has 0 radical (unpaired) electrons. The van der Waals surface area contributed by atoms with Crippen molar-refractivity contribution < 1.29 is 13.9 Å². The van der Waals surface area contributed by atoms with Gasteiger partial charge in [0.2, 0.25) is 0 Å². The van der Waals surface area contributed by atoms with Crippen molar-refractivity contribution in [3.05, 3.63) is 41.9 Å². The van der Waals surface area contributed by atoms with Crippen LogP contribution < -0.4 is 10.1 Å². The Balaban J connectivity index is 2.00. The van der Waals surface area contributed by atoms with E-state index in [-0.39, 0.29) is 23.8 Å². The van der Waals surface area contributed by atoms with Gasteiger partial charge in [0.15, 0.2) is 0 Å². The van der Waals surface area contributed by atoms with Crippen molar-refractivity contribution in [3.8, 4) is 5.75 Å². The molecule has 2 aromatic rings. The smallest absolute Gasteiger partial charge is 0.307 e. The normalized spacial score (nSPS) is 11.2. The first-order chi connectivity index (χ1) is 9.90. The van der Waals surface area contributed by atoms with Gasteiger partial charge in [0.25, 0.3) is 5.89 Å². The van der Waals surface area contributed by atoms with Gasteiger partial charge in [-0.2, -0.15) is 0 Å². The van der Waals surface area contributed by atoms with Crippen molar-refractivity contribution in [2.45, 2.75) is 32.7 Å². The molecule has 0 aliphatic heterocycles. The Morgan fingerprint density at radius 2 is 2.14 bits per heavy atom. The van der Waals surface area contributed by atoms with Crippen LogP contribution in [0.1, 0.15) is 42.9 Å². The molecule has 2 heterocycles. The van der Waals surface area contributed by atoms with Crippen LogP contribution in [-0.4, -0.2) is 23.0 Å². The van der Waals surface area contributed by atoms with Crippen molar-refractivity contribution in [2.24, 2.45) is 0 Å². The van der Waals surface area contributed by atoms with Crippen LogP contribution >= 0.6 is 0 Å². The second-order valence-corrected chi connectivity index (χ2v) is 5.65. The third kappa shape index (κ3) is 3.81. The summed E-state index contributed by atoms with van der Waals surface area (Å²) in [5.41, 5.74) is 0.519. The lowest BCUT2D eigenvalue weighted by molar-refractivity contribution is 0.0912. The van der Waals surface area contributed by atoms with E-state index in [1.807, 2.05) is 20.8 Å². The summed E-state index contributed by atoms with van der Waals surface area (Å²) in [4.78, 5) is 20.1. The molecule has 0 saturated carbocycles. The zero-order chi connectivity index (χ0) is 15.5. The van der Waals surface area contributed by atoms with Crippen molar-refractivity contribution in [1.82, 2.24) is 15.3 Å². The number of nitrogens with zero attached hydrogens (tertiary/aromatic N) is 2. The summed E-state index contributed by atoms with van der Waals surface area (Å²) in [5, 5.41) is 2.72. The molecule has 0 atom stereocenters. The molecule has 0 saturated heterocycles. The number of aromatic nitrogens is 2. The van der Waals surface area contributed by atoms with Crippen molar-refractivity contribution in [3.63, 3.8) is 0 Å². The lowest BCUT2D eigenvalue weighted by Gasteiger charge is -2.12. The van der Waals surface area contributed by atoms with Crippen LogP contribution in [0, 0.1) is 0 Å². The zero-order valence-corrected chi connectivity index (χ0v) is 12.6. The second kappa shape index (κ2) is 5.95. The number of methoxy groups -OCH3 is 1. The Hall–Kier alpha value is -2.37. The summed E-state index contributed by atoms with van der Waals surface area (Å²) in [6.45, 7) is 6.27. The highest BCUT2D eigenvalue weighted by Crippen LogP contribution is 2.22. The molecular weight excluding hydrogens is 270 g/mol. The molecule has 112 valence electrons. The van der Waals surface area contributed by atoms with Gasteiger partial charge >= 0.3 is 5.91 Å². The first-order valence-corrected chi connectivity index (χ1v) is 6.63. The topological polar surface area (TPSA) is 77.2 Å². The summed E-state index contributed by atoms with van der Waals surface area (Å²) in [5.74, 6) is 1.06. The number of amides is 1. The second-order valence-electron chi connectivity index (χ2n) is 5.65. The van der Waals surface area contributed by atoms with Crippen molar-refractivity contribution >= 4 is 5.91 Å². The fourth-order valence-electron chi connectivity index (χ4n) is 1.65. The molecule has 21 heavy (non-hydrogen) atoms. The zero-order valence-electron chi connectivity index (χ0n) is 12.6. The van der Waals surface area contributed by atoms with Gasteiger partial charge in [-0.25, -0.2) is 4.98 Å². The molecule has 0 unspecified atom stereocenters. The third-order valence-corrected chi connectivity index (χ3v) is 2.89. The SMILES string of the molecule is COc1ccnc(CNC(=O)c2ncc(C(C)(C)C)o2)c1. The standard InChI is InChI=1S/C15H19N3O3/c1-15(2,3)12-9-18-14(21-12)13(19)17-8-10-7-11(20-4)5-6-16-10/h5-7,9H,8H2,1-4H3,(H,17,19). The molecule has 1 amide bonds. The maximum absolute atomic E-state index is 12.0. The van der Waals surface area contributed by atoms with Gasteiger partial charge in [-0.1, -0.05) is 20.8 Å². The van der Waals surface area contributed by atoms with Crippen LogP contribution in [-0.2, 0) is 12.0 Å². The Labute approximate surface area is 123 Å². The van der Waals surface area contributed by atoms with E-state index in [1.54, 1.807) is 31.6 Å². The lowest BCUT2D eigenvalue weighted by atomic mass is 9.94. The summed E-state index contributed by atoms with van der Waals surface area (Å²) >= 11 is 0. The highest BCUT2D eigenvalue weighted by atomic mass is 16.5. The summed E-state index contributed by atoms with van der Waals surface area (Å²) in [6.07, 6.45) is 3.21. The quantitative estimate of drug-likeness (QED) is 0.934. The lowest BCUT2D eigenvalue weighted by Crippen LogP contribution is -2.23. The predicted molar refractivity (Wildman–Crippen MR) is 77.2 cm³/mol. The van der Waals surface area contributed by atoms with E-state index in [0.29, 0.717) is 17.2 Å². The average molecular weight is 289 g/mol. The Morgan fingerprint density at radius 1 is 1.38 bits per heavy atom. The molecule has 0 spiro atoms. The first-order valence-electron chi connectivity index (χ1n) is 6.63. The molecule has 0 aliphatic rings. The van der Waals surface area contributed by atoms with Crippen LogP contribution in [0.25, 0.3) is 0 Å². The number of carbonyl (C=O) groups excluding carboxylic acids is 1. The van der Waals surface area contributed by atoms with Gasteiger partial charge in [-0.3, -0.25) is 9.78 Å². The Bertz CT molecular complexity index is 629. The van der Waals surface area contributed by atoms with Gasteiger partial charge < -0.3 is 14.5 Å². The third-order valence-electron chi connectivity index (χ3n) is 2.89. The van der Waals surface area contributed by atoms with E-state index in [9.17, 15) is 4.79 Å². The Morgan fingerprint density at radius 3 is 2.76 bits per heavy atom. The van der Waals surface area contributed by atoms with E-state index < -0.39 is 0 Å². The molecule has 0 aliphatic carbocycles. The highest BCUT2D eigenvalue weighted by molar-refractivity contribution is 5.89. The van der Waals surface area contributed by atoms with E-state index in [4.69, 9.17) is 9.15 Å². The van der Waals surface area contributed by atoms with Crippen molar-refractivity contribution in [2.75, 3.05) is 7.11 Å². The first kappa shape index (κ1) is 15.0. The number of pyridine rings is 1. The minimum absolute atomic E-state index is 0.0582. The molecule has 0 aromatic carbocycles. The van der Waals surface area contributed by atoms with Crippen LogP contribution in [0.4, 0.5) is 0 Å². The minimum Gasteiger partial charge on any atom is -0.497 e. The number of hydrogen-bond acceptors (Lipinski definition) is 5. The number of nitrogens with one attached hydrogen (secondary N) is 1. The molecular formula is C15H19N3O3. The van der Waals surface area contributed by atoms with Crippen LogP contribution in [0.2, 0.25) is 0 Å². The minimum atomic E-state index is -0.366. The molecule has 0 fully saturated rings. The van der Waals surface area contributed by atoms with Crippen molar-refractivity contribution in [1.29, 1.82) is 0 Å². The van der Waals surface area contributed by atoms with Crippen LogP contribution in [0.15, 0.2) is 28.9 Å². The maximum atomic E-state index is 12.0. The number of oxazole rings is 1. The summed E-state index contributed by atoms with van der Waals surface area (Å²) < 4.78 is 10.6. The Kier molecular flexibility index (Phi) is 4.26.